The highest BCUT2D eigenvalue weighted by Gasteiger charge is 2.51. The molecular weight excluding hydrogens is 384 g/mol. The molecule has 0 radical (unpaired) electrons. The molecule has 0 bridgehead atoms. The van der Waals surface area contributed by atoms with Crippen molar-refractivity contribution in [3.8, 4) is 0 Å². The molecule has 3 heterocycles. The van der Waals surface area contributed by atoms with Crippen LogP contribution in [-0.4, -0.2) is 71.0 Å². The van der Waals surface area contributed by atoms with Crippen molar-refractivity contribution in [2.24, 2.45) is 11.8 Å². The van der Waals surface area contributed by atoms with Gasteiger partial charge in [-0.2, -0.15) is 4.31 Å². The first-order valence-electron chi connectivity index (χ1n) is 8.74. The quantitative estimate of drug-likeness (QED) is 0.727. The summed E-state index contributed by atoms with van der Waals surface area (Å²) in [5.74, 6) is 0.167. The first-order valence-corrected chi connectivity index (χ1v) is 10.6. The third-order valence-electron chi connectivity index (χ3n) is 5.20. The van der Waals surface area contributed by atoms with E-state index in [1.807, 2.05) is 30.3 Å². The van der Waals surface area contributed by atoms with Gasteiger partial charge in [0.25, 0.3) is 12.4 Å². The number of nitrogens with zero attached hydrogens (tertiary/aromatic N) is 3. The first kappa shape index (κ1) is 20.0. The molecule has 0 saturated carbocycles. The van der Waals surface area contributed by atoms with E-state index in [-0.39, 0.29) is 30.3 Å². The van der Waals surface area contributed by atoms with Crippen LogP contribution >= 0.6 is 0 Å². The number of carboxylic acid groups (broad SMARTS) is 1. The van der Waals surface area contributed by atoms with Crippen LogP contribution < -0.4 is 0 Å². The Morgan fingerprint density at radius 1 is 1.25 bits per heavy atom. The summed E-state index contributed by atoms with van der Waals surface area (Å²) in [6, 6.07) is 9.47. The summed E-state index contributed by atoms with van der Waals surface area (Å²) in [6.45, 7) is 1.32. The summed E-state index contributed by atoms with van der Waals surface area (Å²) in [7, 11) is -3.31. The summed E-state index contributed by atoms with van der Waals surface area (Å²) < 4.78 is 26.2. The van der Waals surface area contributed by atoms with Gasteiger partial charge < -0.3 is 15.0 Å². The second-order valence-corrected chi connectivity index (χ2v) is 8.83. The van der Waals surface area contributed by atoms with E-state index in [0.29, 0.717) is 25.3 Å². The van der Waals surface area contributed by atoms with Gasteiger partial charge in [-0.3, -0.25) is 9.59 Å². The van der Waals surface area contributed by atoms with Gasteiger partial charge in [0, 0.05) is 25.6 Å². The van der Waals surface area contributed by atoms with Crippen molar-refractivity contribution in [3.63, 3.8) is 0 Å². The standard InChI is InChI=1S/C17H20N4O3S.CH2O2/c1-25(23,24)21-9-13-8-20(17(22)15-7-18-11-19-15)10-14(13)16(21)12-5-3-2-4-6-12;2-1-3/h2-7,11,13-14,16H,8-10H2,1H3,(H,18,19);1H,(H,2,3)/t13-,14-,16+;/m1./s1. The minimum absolute atomic E-state index is 0.0791. The highest BCUT2D eigenvalue weighted by Crippen LogP contribution is 2.46. The van der Waals surface area contributed by atoms with Gasteiger partial charge in [0.05, 0.1) is 24.8 Å². The molecule has 28 heavy (non-hydrogen) atoms. The molecule has 10 heteroatoms. The predicted molar refractivity (Wildman–Crippen MR) is 101 cm³/mol. The summed E-state index contributed by atoms with van der Waals surface area (Å²) in [5.41, 5.74) is 1.45. The van der Waals surface area contributed by atoms with Crippen molar-refractivity contribution in [2.45, 2.75) is 6.04 Å². The van der Waals surface area contributed by atoms with Crippen molar-refractivity contribution in [2.75, 3.05) is 25.9 Å². The molecule has 2 aliphatic rings. The maximum atomic E-state index is 12.6. The van der Waals surface area contributed by atoms with Crippen molar-refractivity contribution >= 4 is 22.4 Å². The average Bonchev–Trinajstić information content (AvgIpc) is 3.37. The molecule has 2 N–H and O–H groups in total. The van der Waals surface area contributed by atoms with Crippen LogP contribution in [0.15, 0.2) is 42.9 Å². The number of nitrogens with one attached hydrogen (secondary N) is 1. The molecule has 2 fully saturated rings. The molecule has 0 spiro atoms. The number of hydrogen-bond acceptors (Lipinski definition) is 5. The number of fused-ring (bicyclic) bond motifs is 1. The summed E-state index contributed by atoms with van der Waals surface area (Å²) in [4.78, 5) is 29.5. The number of imidazole rings is 1. The molecule has 2 aliphatic heterocycles. The van der Waals surface area contributed by atoms with Crippen LogP contribution in [0.25, 0.3) is 0 Å². The molecule has 1 aromatic carbocycles. The van der Waals surface area contributed by atoms with Crippen LogP contribution in [0.4, 0.5) is 0 Å². The number of amides is 1. The Kier molecular flexibility index (Phi) is 5.80. The summed E-state index contributed by atoms with van der Waals surface area (Å²) in [5, 5.41) is 6.89. The van der Waals surface area contributed by atoms with E-state index in [1.54, 1.807) is 9.21 Å². The Hall–Kier alpha value is -2.72. The Balaban J connectivity index is 0.000000706. The smallest absolute Gasteiger partial charge is 0.290 e. The number of rotatable bonds is 3. The van der Waals surface area contributed by atoms with Crippen LogP contribution in [-0.2, 0) is 14.8 Å². The minimum Gasteiger partial charge on any atom is -0.483 e. The monoisotopic (exact) mass is 406 g/mol. The lowest BCUT2D eigenvalue weighted by atomic mass is 9.90. The number of aromatic amines is 1. The Labute approximate surface area is 163 Å². The average molecular weight is 406 g/mol. The topological polar surface area (TPSA) is 124 Å². The maximum absolute atomic E-state index is 12.6. The molecule has 150 valence electrons. The third-order valence-corrected chi connectivity index (χ3v) is 6.43. The van der Waals surface area contributed by atoms with Gasteiger partial charge >= 0.3 is 0 Å². The highest BCUT2D eigenvalue weighted by atomic mass is 32.2. The van der Waals surface area contributed by atoms with Crippen LogP contribution in [0.1, 0.15) is 22.1 Å². The molecule has 1 aromatic heterocycles. The maximum Gasteiger partial charge on any atom is 0.290 e. The van der Waals surface area contributed by atoms with Crippen molar-refractivity contribution in [1.82, 2.24) is 19.2 Å². The van der Waals surface area contributed by atoms with Gasteiger partial charge in [0.15, 0.2) is 0 Å². The largest absolute Gasteiger partial charge is 0.483 e. The fourth-order valence-corrected chi connectivity index (χ4v) is 5.27. The van der Waals surface area contributed by atoms with E-state index in [2.05, 4.69) is 9.97 Å². The lowest BCUT2D eigenvalue weighted by Crippen LogP contribution is -2.37. The Morgan fingerprint density at radius 2 is 1.93 bits per heavy atom. The molecule has 4 rings (SSSR count). The summed E-state index contributed by atoms with van der Waals surface area (Å²) >= 11 is 0. The molecule has 2 saturated heterocycles. The van der Waals surface area contributed by atoms with E-state index in [9.17, 15) is 13.2 Å². The predicted octanol–water partition coefficient (Wildman–Crippen LogP) is 0.815. The van der Waals surface area contributed by atoms with Crippen LogP contribution in [0.3, 0.4) is 0 Å². The van der Waals surface area contributed by atoms with E-state index in [1.165, 1.54) is 18.8 Å². The van der Waals surface area contributed by atoms with Crippen molar-refractivity contribution in [3.05, 3.63) is 54.1 Å². The summed E-state index contributed by atoms with van der Waals surface area (Å²) in [6.07, 6.45) is 4.27. The van der Waals surface area contributed by atoms with Gasteiger partial charge in [0.1, 0.15) is 5.69 Å². The molecule has 9 nitrogen and oxygen atoms in total. The fourth-order valence-electron chi connectivity index (χ4n) is 4.12. The lowest BCUT2D eigenvalue weighted by molar-refractivity contribution is -0.122. The third kappa shape index (κ3) is 3.92. The number of carbonyl (C=O) groups is 2. The normalized spacial score (nSPS) is 24.3. The zero-order valence-electron chi connectivity index (χ0n) is 15.3. The van der Waals surface area contributed by atoms with E-state index < -0.39 is 10.0 Å². The van der Waals surface area contributed by atoms with Crippen molar-refractivity contribution in [1.29, 1.82) is 0 Å². The SMILES string of the molecule is CS(=O)(=O)N1C[C@H]2CN(C(=O)c3cnc[nH]3)C[C@H]2[C@@H]1c1ccccc1.O=CO. The zero-order chi connectivity index (χ0) is 20.3. The number of sulfonamides is 1. The van der Waals surface area contributed by atoms with Gasteiger partial charge in [-0.1, -0.05) is 30.3 Å². The van der Waals surface area contributed by atoms with Gasteiger partial charge in [0.2, 0.25) is 10.0 Å². The van der Waals surface area contributed by atoms with E-state index in [4.69, 9.17) is 9.90 Å². The molecule has 3 atom stereocenters. The molecule has 1 amide bonds. The Morgan fingerprint density at radius 3 is 2.50 bits per heavy atom. The number of likely N-dealkylation sites (tertiary alicyclic amines) is 1. The van der Waals surface area contributed by atoms with Crippen LogP contribution in [0.5, 0.6) is 0 Å². The van der Waals surface area contributed by atoms with Gasteiger partial charge in [-0.25, -0.2) is 13.4 Å². The van der Waals surface area contributed by atoms with Crippen LogP contribution in [0, 0.1) is 11.8 Å². The fraction of sp³-hybridized carbons (Fsp3) is 0.389. The van der Waals surface area contributed by atoms with Crippen molar-refractivity contribution < 1.29 is 23.1 Å². The first-order chi connectivity index (χ1) is 13.4. The van der Waals surface area contributed by atoms with Gasteiger partial charge in [-0.05, 0) is 11.5 Å². The molecule has 2 aromatic rings. The van der Waals surface area contributed by atoms with E-state index >= 15 is 0 Å². The number of H-pyrrole nitrogens is 1. The molecule has 0 unspecified atom stereocenters. The lowest BCUT2D eigenvalue weighted by Gasteiger charge is -2.28. The van der Waals surface area contributed by atoms with Crippen LogP contribution in [0.2, 0.25) is 0 Å². The molecular formula is C18H22N4O5S. The molecule has 0 aliphatic carbocycles. The highest BCUT2D eigenvalue weighted by molar-refractivity contribution is 7.88. The Bertz CT molecular complexity index is 917. The second kappa shape index (κ2) is 8.11. The second-order valence-electron chi connectivity index (χ2n) is 6.89. The number of aromatic nitrogens is 2. The number of benzene rings is 1. The number of carbonyl (C=O) groups excluding carboxylic acids is 1. The van der Waals surface area contributed by atoms with Gasteiger partial charge in [-0.15, -0.1) is 0 Å². The van der Waals surface area contributed by atoms with E-state index in [0.717, 1.165) is 5.56 Å². The number of hydrogen-bond donors (Lipinski definition) is 2. The minimum atomic E-state index is -3.31. The zero-order valence-corrected chi connectivity index (χ0v) is 16.1.